The monoisotopic (exact) mass is 306 g/mol. The maximum atomic E-state index is 14.1. The second kappa shape index (κ2) is 7.79. The van der Waals surface area contributed by atoms with Gasteiger partial charge in [-0.15, -0.1) is 0 Å². The van der Waals surface area contributed by atoms with Gasteiger partial charge in [0.05, 0.1) is 5.02 Å². The molecule has 0 aliphatic heterocycles. The average Bonchev–Trinajstić information content (AvgIpc) is 2.51. The Balaban J connectivity index is 2.12. The zero-order chi connectivity index (χ0) is 15.2. The van der Waals surface area contributed by atoms with Gasteiger partial charge in [0, 0.05) is 0 Å². The lowest BCUT2D eigenvalue weighted by molar-refractivity contribution is 0.588. The molecule has 0 N–H and O–H groups in total. The minimum Gasteiger partial charge on any atom is -0.205 e. The van der Waals surface area contributed by atoms with Crippen LogP contribution in [0.1, 0.15) is 57.1 Å². The summed E-state index contributed by atoms with van der Waals surface area (Å²) in [5.74, 6) is 0.376. The van der Waals surface area contributed by atoms with Crippen LogP contribution in [0.3, 0.4) is 0 Å². The van der Waals surface area contributed by atoms with E-state index in [-0.39, 0.29) is 5.82 Å². The molecule has 1 atom stereocenters. The Hall–Kier alpha value is -1.08. The van der Waals surface area contributed by atoms with E-state index in [1.165, 1.54) is 12.0 Å². The highest BCUT2D eigenvalue weighted by Gasteiger charge is 2.18. The molecule has 0 heterocycles. The second-order valence-electron chi connectivity index (χ2n) is 5.73. The number of aryl methyl sites for hydroxylation is 1. The van der Waals surface area contributed by atoms with E-state index in [4.69, 9.17) is 11.6 Å². The van der Waals surface area contributed by atoms with Crippen LogP contribution in [0.15, 0.2) is 30.4 Å². The third kappa shape index (κ3) is 3.97. The van der Waals surface area contributed by atoms with Crippen LogP contribution in [0.25, 0.3) is 5.57 Å². The van der Waals surface area contributed by atoms with E-state index in [9.17, 15) is 4.39 Å². The largest absolute Gasteiger partial charge is 0.205 e. The van der Waals surface area contributed by atoms with E-state index in [0.29, 0.717) is 22.9 Å². The first-order valence-corrected chi connectivity index (χ1v) is 8.38. The molecule has 0 fully saturated rings. The number of allylic oxidation sites excluding steroid dienone is 4. The summed E-state index contributed by atoms with van der Waals surface area (Å²) in [6, 6.07) is 3.84. The Morgan fingerprint density at radius 1 is 1.33 bits per heavy atom. The van der Waals surface area contributed by atoms with Gasteiger partial charge in [-0.05, 0) is 54.7 Å². The summed E-state index contributed by atoms with van der Waals surface area (Å²) in [6.07, 6.45) is 13.0. The highest BCUT2D eigenvalue weighted by molar-refractivity contribution is 6.32. The third-order valence-electron chi connectivity index (χ3n) is 4.20. The fraction of sp³-hybridized carbons (Fsp3) is 0.474. The molecule has 0 radical (unpaired) electrons. The van der Waals surface area contributed by atoms with E-state index in [0.717, 1.165) is 31.2 Å². The molecule has 1 unspecified atom stereocenters. The zero-order valence-corrected chi connectivity index (χ0v) is 13.7. The topological polar surface area (TPSA) is 0 Å². The van der Waals surface area contributed by atoms with Crippen molar-refractivity contribution in [3.05, 3.63) is 52.3 Å². The van der Waals surface area contributed by atoms with Crippen LogP contribution >= 0.6 is 11.6 Å². The molecule has 1 aromatic carbocycles. The predicted molar refractivity (Wildman–Crippen MR) is 90.2 cm³/mol. The Kier molecular flexibility index (Phi) is 6.05. The first-order valence-electron chi connectivity index (χ1n) is 8.00. The van der Waals surface area contributed by atoms with Gasteiger partial charge in [-0.25, -0.2) is 4.39 Å². The second-order valence-corrected chi connectivity index (χ2v) is 6.11. The number of hydrogen-bond donors (Lipinski definition) is 0. The lowest BCUT2D eigenvalue weighted by Crippen LogP contribution is -2.04. The molecule has 0 saturated carbocycles. The van der Waals surface area contributed by atoms with Crippen molar-refractivity contribution < 1.29 is 4.39 Å². The van der Waals surface area contributed by atoms with E-state index < -0.39 is 0 Å². The molecule has 0 nitrogen and oxygen atoms in total. The first-order chi connectivity index (χ1) is 10.2. The summed E-state index contributed by atoms with van der Waals surface area (Å²) in [4.78, 5) is 0. The van der Waals surface area contributed by atoms with Gasteiger partial charge in [-0.1, -0.05) is 62.2 Å². The molecule has 0 aromatic heterocycles. The van der Waals surface area contributed by atoms with Crippen LogP contribution < -0.4 is 0 Å². The van der Waals surface area contributed by atoms with Crippen LogP contribution in [0.2, 0.25) is 5.02 Å². The summed E-state index contributed by atoms with van der Waals surface area (Å²) in [7, 11) is 0. The molecule has 2 rings (SSSR count). The van der Waals surface area contributed by atoms with Gasteiger partial charge in [0.1, 0.15) is 5.82 Å². The van der Waals surface area contributed by atoms with Crippen LogP contribution in [0.4, 0.5) is 4.39 Å². The van der Waals surface area contributed by atoms with Crippen molar-refractivity contribution in [1.29, 1.82) is 0 Å². The number of hydrogen-bond acceptors (Lipinski definition) is 0. The van der Waals surface area contributed by atoms with Crippen molar-refractivity contribution >= 4 is 17.2 Å². The summed E-state index contributed by atoms with van der Waals surface area (Å²) in [6.45, 7) is 4.14. The molecule has 0 saturated heterocycles. The fourth-order valence-electron chi connectivity index (χ4n) is 2.84. The number of halogens is 2. The molecule has 0 spiro atoms. The van der Waals surface area contributed by atoms with E-state index in [1.807, 2.05) is 19.1 Å². The standard InChI is InChI=1S/C19H24ClF/c1-3-5-6-7-14-8-10-16(11-9-14)17-13-12-15(4-2)19(21)18(17)20/h6-7,10,12-14H,3-5,8-9,11H2,1-2H3/b7-6+. The Morgan fingerprint density at radius 3 is 2.76 bits per heavy atom. The summed E-state index contributed by atoms with van der Waals surface area (Å²) >= 11 is 6.22. The van der Waals surface area contributed by atoms with Crippen LogP contribution in [0.5, 0.6) is 0 Å². The smallest absolute Gasteiger partial charge is 0.145 e. The molecule has 0 bridgehead atoms. The van der Waals surface area contributed by atoms with Gasteiger partial charge in [0.15, 0.2) is 0 Å². The highest BCUT2D eigenvalue weighted by Crippen LogP contribution is 2.36. The first kappa shape index (κ1) is 16.3. The van der Waals surface area contributed by atoms with Gasteiger partial charge < -0.3 is 0 Å². The third-order valence-corrected chi connectivity index (χ3v) is 4.57. The van der Waals surface area contributed by atoms with Crippen LogP contribution in [-0.4, -0.2) is 0 Å². The summed E-state index contributed by atoms with van der Waals surface area (Å²) in [5, 5.41) is 0.292. The van der Waals surface area contributed by atoms with Gasteiger partial charge >= 0.3 is 0 Å². The van der Waals surface area contributed by atoms with E-state index in [1.54, 1.807) is 0 Å². The molecular weight excluding hydrogens is 283 g/mol. The molecule has 1 aromatic rings. The Morgan fingerprint density at radius 2 is 2.14 bits per heavy atom. The predicted octanol–water partition coefficient (Wildman–Crippen LogP) is 6.58. The quantitative estimate of drug-likeness (QED) is 0.539. The minimum absolute atomic E-state index is 0.248. The van der Waals surface area contributed by atoms with Crippen molar-refractivity contribution in [2.45, 2.75) is 52.4 Å². The molecule has 2 heteroatoms. The fourth-order valence-corrected chi connectivity index (χ4v) is 3.15. The van der Waals surface area contributed by atoms with Crippen molar-refractivity contribution in [2.75, 3.05) is 0 Å². The maximum Gasteiger partial charge on any atom is 0.145 e. The molecular formula is C19H24ClF. The molecule has 1 aliphatic carbocycles. The van der Waals surface area contributed by atoms with Gasteiger partial charge in [-0.2, -0.15) is 0 Å². The van der Waals surface area contributed by atoms with Crippen LogP contribution in [-0.2, 0) is 6.42 Å². The van der Waals surface area contributed by atoms with Crippen molar-refractivity contribution in [1.82, 2.24) is 0 Å². The number of benzene rings is 1. The van der Waals surface area contributed by atoms with E-state index in [2.05, 4.69) is 25.2 Å². The highest BCUT2D eigenvalue weighted by atomic mass is 35.5. The average molecular weight is 307 g/mol. The lowest BCUT2D eigenvalue weighted by atomic mass is 9.86. The van der Waals surface area contributed by atoms with E-state index >= 15 is 0 Å². The summed E-state index contributed by atoms with van der Waals surface area (Å²) in [5.41, 5.74) is 2.77. The molecule has 1 aliphatic rings. The van der Waals surface area contributed by atoms with Crippen molar-refractivity contribution in [2.24, 2.45) is 5.92 Å². The van der Waals surface area contributed by atoms with Gasteiger partial charge in [0.25, 0.3) is 0 Å². The normalized spacial score (nSPS) is 19.0. The van der Waals surface area contributed by atoms with Crippen molar-refractivity contribution in [3.63, 3.8) is 0 Å². The molecule has 21 heavy (non-hydrogen) atoms. The Labute approximate surface area is 132 Å². The SMILES string of the molecule is CCC/C=C/C1CC=C(c2ccc(CC)c(F)c2Cl)CC1. The zero-order valence-electron chi connectivity index (χ0n) is 13.0. The lowest BCUT2D eigenvalue weighted by Gasteiger charge is -2.20. The minimum atomic E-state index is -0.248. The van der Waals surface area contributed by atoms with Crippen molar-refractivity contribution in [3.8, 4) is 0 Å². The summed E-state index contributed by atoms with van der Waals surface area (Å²) < 4.78 is 14.1. The van der Waals surface area contributed by atoms with Gasteiger partial charge in [0.2, 0.25) is 0 Å². The maximum absolute atomic E-state index is 14.1. The Bertz CT molecular complexity index is 543. The number of rotatable bonds is 5. The molecule has 0 amide bonds. The van der Waals surface area contributed by atoms with Gasteiger partial charge in [-0.3, -0.25) is 0 Å². The molecule has 114 valence electrons. The van der Waals surface area contributed by atoms with Crippen LogP contribution in [0, 0.1) is 11.7 Å². The number of unbranched alkanes of at least 4 members (excludes halogenated alkanes) is 1.